The Labute approximate surface area is 194 Å². The number of anilines is 1. The van der Waals surface area contributed by atoms with Crippen molar-refractivity contribution in [2.75, 3.05) is 18.2 Å². The van der Waals surface area contributed by atoms with Gasteiger partial charge in [-0.3, -0.25) is 14.3 Å². The number of benzene rings is 2. The van der Waals surface area contributed by atoms with Crippen molar-refractivity contribution in [1.82, 2.24) is 19.7 Å². The molecule has 0 aliphatic carbocycles. The van der Waals surface area contributed by atoms with Gasteiger partial charge in [0.1, 0.15) is 5.75 Å². The summed E-state index contributed by atoms with van der Waals surface area (Å²) in [5, 5.41) is 12.7. The van der Waals surface area contributed by atoms with Gasteiger partial charge in [0.25, 0.3) is 0 Å². The van der Waals surface area contributed by atoms with E-state index < -0.39 is 0 Å². The number of nitrogens with zero attached hydrogens (tertiary/aromatic N) is 4. The average Bonchev–Trinajstić information content (AvgIpc) is 3.21. The van der Waals surface area contributed by atoms with E-state index in [0.29, 0.717) is 34.0 Å². The largest absolute Gasteiger partial charge is 0.495 e. The number of pyridine rings is 1. The van der Waals surface area contributed by atoms with Gasteiger partial charge >= 0.3 is 0 Å². The normalized spacial score (nSPS) is 10.7. The van der Waals surface area contributed by atoms with E-state index in [-0.39, 0.29) is 11.7 Å². The van der Waals surface area contributed by atoms with Gasteiger partial charge in [0.05, 0.1) is 25.1 Å². The fourth-order valence-corrected chi connectivity index (χ4v) is 4.02. The lowest BCUT2D eigenvalue weighted by molar-refractivity contribution is -0.113. The zero-order chi connectivity index (χ0) is 22.3. The van der Waals surface area contributed by atoms with E-state index in [2.05, 4.69) is 20.5 Å². The van der Waals surface area contributed by atoms with Crippen molar-refractivity contribution in [3.8, 4) is 17.1 Å². The average molecular weight is 466 g/mol. The van der Waals surface area contributed by atoms with E-state index in [9.17, 15) is 4.79 Å². The minimum absolute atomic E-state index is 0.148. The Balaban J connectivity index is 1.54. The van der Waals surface area contributed by atoms with Crippen LogP contribution in [0.1, 0.15) is 5.56 Å². The highest BCUT2D eigenvalue weighted by Crippen LogP contribution is 2.29. The molecule has 0 aliphatic rings. The van der Waals surface area contributed by atoms with Crippen LogP contribution in [0.15, 0.2) is 78.2 Å². The van der Waals surface area contributed by atoms with Crippen molar-refractivity contribution in [2.24, 2.45) is 0 Å². The molecule has 32 heavy (non-hydrogen) atoms. The summed E-state index contributed by atoms with van der Waals surface area (Å²) in [4.78, 5) is 16.8. The molecule has 0 aliphatic heterocycles. The number of carbonyl (C=O) groups excluding carboxylic acids is 1. The number of hydrogen-bond acceptors (Lipinski definition) is 6. The maximum absolute atomic E-state index is 12.6. The van der Waals surface area contributed by atoms with Crippen LogP contribution in [0.3, 0.4) is 0 Å². The first-order valence-electron chi connectivity index (χ1n) is 9.78. The van der Waals surface area contributed by atoms with E-state index >= 15 is 0 Å². The Kier molecular flexibility index (Phi) is 7.03. The van der Waals surface area contributed by atoms with Crippen molar-refractivity contribution in [2.45, 2.75) is 11.7 Å². The molecule has 4 aromatic rings. The fourth-order valence-electron chi connectivity index (χ4n) is 3.11. The van der Waals surface area contributed by atoms with Crippen LogP contribution in [0.2, 0.25) is 5.02 Å². The van der Waals surface area contributed by atoms with Crippen molar-refractivity contribution in [3.63, 3.8) is 0 Å². The summed E-state index contributed by atoms with van der Waals surface area (Å²) < 4.78 is 7.28. The van der Waals surface area contributed by atoms with Gasteiger partial charge in [0, 0.05) is 23.0 Å². The molecular formula is C23H20ClN5O2S. The van der Waals surface area contributed by atoms with Gasteiger partial charge in [0.2, 0.25) is 5.91 Å². The van der Waals surface area contributed by atoms with Gasteiger partial charge in [0.15, 0.2) is 11.0 Å². The second kappa shape index (κ2) is 10.3. The molecule has 9 heteroatoms. The van der Waals surface area contributed by atoms with E-state index in [1.165, 1.54) is 11.8 Å². The van der Waals surface area contributed by atoms with E-state index in [4.69, 9.17) is 16.3 Å². The van der Waals surface area contributed by atoms with Gasteiger partial charge in [-0.15, -0.1) is 10.2 Å². The van der Waals surface area contributed by atoms with Crippen LogP contribution >= 0.6 is 23.4 Å². The number of carbonyl (C=O) groups is 1. The van der Waals surface area contributed by atoms with Crippen molar-refractivity contribution < 1.29 is 9.53 Å². The highest BCUT2D eigenvalue weighted by Gasteiger charge is 2.17. The van der Waals surface area contributed by atoms with Gasteiger partial charge in [-0.2, -0.15) is 0 Å². The first-order chi connectivity index (χ1) is 15.6. The zero-order valence-corrected chi connectivity index (χ0v) is 18.8. The van der Waals surface area contributed by atoms with E-state index in [1.54, 1.807) is 37.7 Å². The quantitative estimate of drug-likeness (QED) is 0.377. The lowest BCUT2D eigenvalue weighted by Crippen LogP contribution is -2.15. The standard InChI is InChI=1S/C23H20ClN5O2S/c1-31-20-10-9-18(24)12-19(20)26-21(30)15-32-23-28-27-22(17-8-5-11-25-13-17)29(23)14-16-6-3-2-4-7-16/h2-13H,14-15H2,1H3,(H,26,30). The Morgan fingerprint density at radius 3 is 2.72 bits per heavy atom. The Hall–Kier alpha value is -3.36. The monoisotopic (exact) mass is 465 g/mol. The number of methoxy groups -OCH3 is 1. The van der Waals surface area contributed by atoms with Gasteiger partial charge in [-0.1, -0.05) is 53.7 Å². The highest BCUT2D eigenvalue weighted by molar-refractivity contribution is 7.99. The van der Waals surface area contributed by atoms with Gasteiger partial charge < -0.3 is 10.1 Å². The molecule has 0 bridgehead atoms. The van der Waals surface area contributed by atoms with Crippen LogP contribution < -0.4 is 10.1 Å². The van der Waals surface area contributed by atoms with Crippen LogP contribution in [-0.4, -0.2) is 38.5 Å². The molecule has 1 amide bonds. The minimum atomic E-state index is -0.201. The third-order valence-corrected chi connectivity index (χ3v) is 5.79. The summed E-state index contributed by atoms with van der Waals surface area (Å²) >= 11 is 7.36. The highest BCUT2D eigenvalue weighted by atomic mass is 35.5. The van der Waals surface area contributed by atoms with Crippen LogP contribution in [0.5, 0.6) is 5.75 Å². The lowest BCUT2D eigenvalue weighted by atomic mass is 10.2. The number of rotatable bonds is 8. The topological polar surface area (TPSA) is 81.9 Å². The molecule has 2 aromatic heterocycles. The molecule has 0 saturated heterocycles. The smallest absolute Gasteiger partial charge is 0.234 e. The van der Waals surface area contributed by atoms with Crippen LogP contribution in [0.4, 0.5) is 5.69 Å². The molecule has 0 atom stereocenters. The molecule has 7 nitrogen and oxygen atoms in total. The molecule has 0 fully saturated rings. The fraction of sp³-hybridized carbons (Fsp3) is 0.130. The number of ether oxygens (including phenoxy) is 1. The number of aromatic nitrogens is 4. The Morgan fingerprint density at radius 1 is 1.12 bits per heavy atom. The van der Waals surface area contributed by atoms with Gasteiger partial charge in [-0.05, 0) is 35.9 Å². The Bertz CT molecular complexity index is 1200. The van der Waals surface area contributed by atoms with E-state index in [0.717, 1.165) is 11.1 Å². The molecule has 0 saturated carbocycles. The second-order valence-electron chi connectivity index (χ2n) is 6.80. The van der Waals surface area contributed by atoms with Crippen LogP contribution in [-0.2, 0) is 11.3 Å². The molecule has 2 aromatic carbocycles. The predicted molar refractivity (Wildman–Crippen MR) is 126 cm³/mol. The predicted octanol–water partition coefficient (Wildman–Crippen LogP) is 4.78. The summed E-state index contributed by atoms with van der Waals surface area (Å²) in [5.41, 5.74) is 2.48. The first-order valence-corrected chi connectivity index (χ1v) is 11.1. The molecule has 4 rings (SSSR count). The summed E-state index contributed by atoms with van der Waals surface area (Å²) in [7, 11) is 1.54. The number of thioether (sulfide) groups is 1. The van der Waals surface area contributed by atoms with E-state index in [1.807, 2.05) is 47.0 Å². The zero-order valence-electron chi connectivity index (χ0n) is 17.2. The number of hydrogen-bond donors (Lipinski definition) is 1. The molecule has 0 unspecified atom stereocenters. The molecule has 1 N–H and O–H groups in total. The number of amides is 1. The van der Waals surface area contributed by atoms with Crippen molar-refractivity contribution in [1.29, 1.82) is 0 Å². The SMILES string of the molecule is COc1ccc(Cl)cc1NC(=O)CSc1nnc(-c2cccnc2)n1Cc1ccccc1. The summed E-state index contributed by atoms with van der Waals surface area (Å²) in [5.74, 6) is 1.18. The lowest BCUT2D eigenvalue weighted by Gasteiger charge is -2.12. The minimum Gasteiger partial charge on any atom is -0.495 e. The molecule has 162 valence electrons. The third kappa shape index (κ3) is 5.27. The maximum Gasteiger partial charge on any atom is 0.234 e. The number of nitrogens with one attached hydrogen (secondary N) is 1. The molecular weight excluding hydrogens is 446 g/mol. The molecule has 2 heterocycles. The van der Waals surface area contributed by atoms with Crippen molar-refractivity contribution >= 4 is 35.0 Å². The second-order valence-corrected chi connectivity index (χ2v) is 8.18. The molecule has 0 spiro atoms. The van der Waals surface area contributed by atoms with Crippen molar-refractivity contribution in [3.05, 3.63) is 83.6 Å². The molecule has 0 radical (unpaired) electrons. The summed E-state index contributed by atoms with van der Waals surface area (Å²) in [6.07, 6.45) is 3.46. The van der Waals surface area contributed by atoms with Crippen LogP contribution in [0.25, 0.3) is 11.4 Å². The maximum atomic E-state index is 12.6. The summed E-state index contributed by atoms with van der Waals surface area (Å²) in [6.45, 7) is 0.574. The van der Waals surface area contributed by atoms with Gasteiger partial charge in [-0.25, -0.2) is 0 Å². The van der Waals surface area contributed by atoms with Crippen LogP contribution in [0, 0.1) is 0 Å². The summed E-state index contributed by atoms with van der Waals surface area (Å²) in [6, 6.07) is 18.9. The number of halogens is 1. The Morgan fingerprint density at radius 2 is 1.97 bits per heavy atom. The first kappa shape index (κ1) is 21.9. The third-order valence-electron chi connectivity index (χ3n) is 4.59.